The van der Waals surface area contributed by atoms with Gasteiger partial charge in [0, 0.05) is 35.8 Å². The Morgan fingerprint density at radius 3 is 2.07 bits per heavy atom. The molecule has 2 aromatic rings. The van der Waals surface area contributed by atoms with Crippen LogP contribution in [0.2, 0.25) is 0 Å². The van der Waals surface area contributed by atoms with E-state index in [0.29, 0.717) is 6.42 Å². The first-order valence-electron chi connectivity index (χ1n) is 9.97. The number of anilines is 1. The van der Waals surface area contributed by atoms with Crippen molar-refractivity contribution >= 4 is 11.5 Å². The smallest absolute Gasteiger partial charge is 0.163 e. The van der Waals surface area contributed by atoms with Gasteiger partial charge in [-0.15, -0.1) is 0 Å². The molecule has 0 aliphatic carbocycles. The van der Waals surface area contributed by atoms with E-state index in [0.717, 1.165) is 16.9 Å². The molecule has 150 valence electrons. The van der Waals surface area contributed by atoms with Crippen molar-refractivity contribution in [1.82, 2.24) is 0 Å². The van der Waals surface area contributed by atoms with E-state index in [1.165, 1.54) is 16.7 Å². The van der Waals surface area contributed by atoms with Gasteiger partial charge in [0.15, 0.2) is 5.78 Å². The highest BCUT2D eigenvalue weighted by Crippen LogP contribution is 2.36. The van der Waals surface area contributed by atoms with Crippen LogP contribution in [0.15, 0.2) is 54.7 Å². The highest BCUT2D eigenvalue weighted by Gasteiger charge is 2.29. The van der Waals surface area contributed by atoms with Gasteiger partial charge in [-0.05, 0) is 42.0 Å². The summed E-state index contributed by atoms with van der Waals surface area (Å²) in [6.07, 6.45) is 0.426. The van der Waals surface area contributed by atoms with Gasteiger partial charge in [-0.25, -0.2) is 0 Å². The third kappa shape index (κ3) is 4.92. The van der Waals surface area contributed by atoms with Crippen molar-refractivity contribution in [1.29, 1.82) is 0 Å². The number of carbonyl (C=O) groups is 1. The molecule has 2 rings (SSSR count). The van der Waals surface area contributed by atoms with Crippen LogP contribution in [-0.4, -0.2) is 12.8 Å². The van der Waals surface area contributed by atoms with Crippen molar-refractivity contribution in [2.24, 2.45) is 5.41 Å². The number of allylic oxidation sites excluding steroid dienone is 1. The number of hydrogen-bond acceptors (Lipinski definition) is 2. The third-order valence-electron chi connectivity index (χ3n) is 5.59. The maximum atomic E-state index is 12.9. The molecule has 0 atom stereocenters. The van der Waals surface area contributed by atoms with Crippen molar-refractivity contribution < 1.29 is 4.79 Å². The normalized spacial score (nSPS) is 12.0. The Bertz CT molecular complexity index is 866. The lowest BCUT2D eigenvalue weighted by Gasteiger charge is -2.35. The average molecular weight is 378 g/mol. The number of rotatable bonds is 6. The van der Waals surface area contributed by atoms with Gasteiger partial charge in [-0.1, -0.05) is 77.6 Å². The van der Waals surface area contributed by atoms with Gasteiger partial charge in [0.25, 0.3) is 0 Å². The van der Waals surface area contributed by atoms with Gasteiger partial charge in [-0.3, -0.25) is 4.79 Å². The minimum absolute atomic E-state index is 0.0868. The summed E-state index contributed by atoms with van der Waals surface area (Å²) in [4.78, 5) is 15.1. The second-order valence-corrected chi connectivity index (χ2v) is 9.61. The third-order valence-corrected chi connectivity index (χ3v) is 5.59. The van der Waals surface area contributed by atoms with Crippen LogP contribution >= 0.6 is 0 Å². The van der Waals surface area contributed by atoms with E-state index in [1.807, 2.05) is 19.2 Å². The van der Waals surface area contributed by atoms with Gasteiger partial charge >= 0.3 is 0 Å². The molecule has 0 aliphatic rings. The molecular formula is C26H35NO. The van der Waals surface area contributed by atoms with Crippen molar-refractivity contribution in [2.45, 2.75) is 60.3 Å². The zero-order valence-electron chi connectivity index (χ0n) is 18.8. The van der Waals surface area contributed by atoms with Crippen LogP contribution in [0.3, 0.4) is 0 Å². The van der Waals surface area contributed by atoms with Crippen LogP contribution in [0.4, 0.5) is 5.69 Å². The molecule has 0 aromatic heterocycles. The van der Waals surface area contributed by atoms with Gasteiger partial charge in [0.1, 0.15) is 0 Å². The minimum atomic E-state index is -0.343. The molecule has 0 N–H and O–H groups in total. The quantitative estimate of drug-likeness (QED) is 0.513. The number of Topliss-reactive ketones (excluding diaryl/α,β-unsaturated/α-hetero) is 1. The fourth-order valence-corrected chi connectivity index (χ4v) is 3.44. The predicted octanol–water partition coefficient (Wildman–Crippen LogP) is 6.85. The summed E-state index contributed by atoms with van der Waals surface area (Å²) in [7, 11) is 2.04. The van der Waals surface area contributed by atoms with E-state index in [2.05, 4.69) is 90.3 Å². The van der Waals surface area contributed by atoms with E-state index < -0.39 is 0 Å². The molecular weight excluding hydrogens is 342 g/mol. The largest absolute Gasteiger partial charge is 0.348 e. The van der Waals surface area contributed by atoms with Gasteiger partial charge in [0.2, 0.25) is 0 Å². The molecule has 0 aliphatic heterocycles. The summed E-state index contributed by atoms with van der Waals surface area (Å²) < 4.78 is 0. The van der Waals surface area contributed by atoms with Crippen molar-refractivity contribution in [3.8, 4) is 0 Å². The average Bonchev–Trinajstić information content (AvgIpc) is 2.61. The fraction of sp³-hybridized carbons (Fsp3) is 0.423. The van der Waals surface area contributed by atoms with E-state index in [4.69, 9.17) is 0 Å². The zero-order valence-corrected chi connectivity index (χ0v) is 18.8. The van der Waals surface area contributed by atoms with Crippen LogP contribution in [0.25, 0.3) is 0 Å². The van der Waals surface area contributed by atoms with E-state index in [-0.39, 0.29) is 16.6 Å². The monoisotopic (exact) mass is 377 g/mol. The molecule has 2 heteroatoms. The first-order chi connectivity index (χ1) is 12.8. The second-order valence-electron chi connectivity index (χ2n) is 9.61. The molecule has 0 saturated carbocycles. The van der Waals surface area contributed by atoms with Crippen molar-refractivity contribution in [3.05, 3.63) is 77.0 Å². The lowest BCUT2D eigenvalue weighted by atomic mass is 9.81. The number of aryl methyl sites for hydroxylation is 2. The van der Waals surface area contributed by atoms with Crippen molar-refractivity contribution in [3.63, 3.8) is 0 Å². The first-order valence-corrected chi connectivity index (χ1v) is 9.97. The molecule has 0 amide bonds. The Morgan fingerprint density at radius 2 is 1.54 bits per heavy atom. The highest BCUT2D eigenvalue weighted by molar-refractivity contribution is 5.96. The molecule has 0 spiro atoms. The molecule has 0 unspecified atom stereocenters. The standard InChI is InChI=1S/C26H35NO/c1-18-10-11-19(2)23(16-18)27(9)20(3)26(7,8)17-24(28)21-12-14-22(15-13-21)25(4,5)6/h10-16H,3,17H2,1-2,4-9H3. The Kier molecular flexibility index (Phi) is 6.23. The lowest BCUT2D eigenvalue weighted by molar-refractivity contribution is 0.0945. The molecule has 0 heterocycles. The van der Waals surface area contributed by atoms with Crippen molar-refractivity contribution in [2.75, 3.05) is 11.9 Å². The van der Waals surface area contributed by atoms with Gasteiger partial charge in [-0.2, -0.15) is 0 Å². The molecule has 0 radical (unpaired) electrons. The number of hydrogen-bond donors (Lipinski definition) is 0. The van der Waals surface area contributed by atoms with Gasteiger partial charge < -0.3 is 4.90 Å². The molecule has 0 fully saturated rings. The zero-order chi connectivity index (χ0) is 21.3. The Hall–Kier alpha value is -2.35. The maximum absolute atomic E-state index is 12.9. The summed E-state index contributed by atoms with van der Waals surface area (Å²) in [6, 6.07) is 14.5. The first kappa shape index (κ1) is 21.9. The topological polar surface area (TPSA) is 20.3 Å². The SMILES string of the molecule is C=C(N(C)c1cc(C)ccc1C)C(C)(C)CC(=O)c1ccc(C(C)(C)C)cc1. The molecule has 2 aromatic carbocycles. The Labute approximate surface area is 171 Å². The van der Waals surface area contributed by atoms with E-state index in [9.17, 15) is 4.79 Å². The summed E-state index contributed by atoms with van der Waals surface area (Å²) in [5, 5.41) is 0. The molecule has 0 saturated heterocycles. The van der Waals surface area contributed by atoms with Crippen LogP contribution < -0.4 is 4.90 Å². The van der Waals surface area contributed by atoms with Crippen LogP contribution in [0.1, 0.15) is 68.1 Å². The molecule has 28 heavy (non-hydrogen) atoms. The summed E-state index contributed by atoms with van der Waals surface area (Å²) in [5.74, 6) is 0.154. The van der Waals surface area contributed by atoms with Crippen LogP contribution in [-0.2, 0) is 5.41 Å². The van der Waals surface area contributed by atoms with E-state index >= 15 is 0 Å². The predicted molar refractivity (Wildman–Crippen MR) is 121 cm³/mol. The second kappa shape index (κ2) is 7.95. The lowest BCUT2D eigenvalue weighted by Crippen LogP contribution is -2.30. The van der Waals surface area contributed by atoms with Gasteiger partial charge in [0.05, 0.1) is 0 Å². The molecule has 0 bridgehead atoms. The van der Waals surface area contributed by atoms with E-state index in [1.54, 1.807) is 0 Å². The Balaban J connectivity index is 2.18. The number of nitrogens with zero attached hydrogens (tertiary/aromatic N) is 1. The summed E-state index contributed by atoms with van der Waals surface area (Å²) in [5.41, 5.74) is 6.25. The summed E-state index contributed by atoms with van der Waals surface area (Å²) >= 11 is 0. The fourth-order valence-electron chi connectivity index (χ4n) is 3.44. The maximum Gasteiger partial charge on any atom is 0.163 e. The molecule has 2 nitrogen and oxygen atoms in total. The Morgan fingerprint density at radius 1 is 0.964 bits per heavy atom. The minimum Gasteiger partial charge on any atom is -0.348 e. The number of ketones is 1. The van der Waals surface area contributed by atoms with Crippen LogP contribution in [0.5, 0.6) is 0 Å². The van der Waals surface area contributed by atoms with Crippen LogP contribution in [0, 0.1) is 19.3 Å². The highest BCUT2D eigenvalue weighted by atomic mass is 16.1. The number of benzene rings is 2. The number of carbonyl (C=O) groups excluding carboxylic acids is 1. The summed E-state index contributed by atoms with van der Waals surface area (Å²) in [6.45, 7) is 19.3.